The highest BCUT2D eigenvalue weighted by Gasteiger charge is 2.17. The second-order valence-corrected chi connectivity index (χ2v) is 4.77. The van der Waals surface area contributed by atoms with Crippen LogP contribution >= 0.6 is 0 Å². The van der Waals surface area contributed by atoms with E-state index in [-0.39, 0.29) is 12.5 Å². The molecule has 2 rings (SSSR count). The molecule has 1 aromatic carbocycles. The molecule has 2 unspecified atom stereocenters. The number of carboxylic acids is 1. The minimum Gasteiger partial charge on any atom is -0.481 e. The van der Waals surface area contributed by atoms with Crippen molar-refractivity contribution in [1.29, 1.82) is 0 Å². The largest absolute Gasteiger partial charge is 0.481 e. The lowest BCUT2D eigenvalue weighted by Crippen LogP contribution is -2.12. The first-order valence-electron chi connectivity index (χ1n) is 6.32. The molecule has 0 radical (unpaired) electrons. The average Bonchev–Trinajstić information content (AvgIpc) is 2.90. The Hall–Kier alpha value is -1.39. The summed E-state index contributed by atoms with van der Waals surface area (Å²) < 4.78 is 5.36. The third-order valence-electron chi connectivity index (χ3n) is 3.43. The summed E-state index contributed by atoms with van der Waals surface area (Å²) in [5.74, 6) is -0.306. The minimum absolute atomic E-state index is 0.110. The van der Waals surface area contributed by atoms with Crippen LogP contribution in [0.2, 0.25) is 0 Å². The Bertz CT molecular complexity index is 396. The molecule has 0 aromatic heterocycles. The highest BCUT2D eigenvalue weighted by Crippen LogP contribution is 2.26. The smallest absolute Gasteiger partial charge is 0.303 e. The molecule has 0 bridgehead atoms. The van der Waals surface area contributed by atoms with E-state index in [1.54, 1.807) is 0 Å². The van der Waals surface area contributed by atoms with Gasteiger partial charge in [0.15, 0.2) is 0 Å². The predicted octanol–water partition coefficient (Wildman–Crippen LogP) is 2.06. The Morgan fingerprint density at radius 1 is 1.44 bits per heavy atom. The van der Waals surface area contributed by atoms with E-state index in [9.17, 15) is 4.79 Å². The summed E-state index contributed by atoms with van der Waals surface area (Å²) in [7, 11) is 0. The third kappa shape index (κ3) is 3.31. The molecule has 98 valence electrons. The molecule has 2 atom stereocenters. The lowest BCUT2D eigenvalue weighted by molar-refractivity contribution is -0.137. The summed E-state index contributed by atoms with van der Waals surface area (Å²) in [5.41, 5.74) is 8.24. The zero-order valence-corrected chi connectivity index (χ0v) is 10.3. The fourth-order valence-corrected chi connectivity index (χ4v) is 2.26. The number of ether oxygens (including phenoxy) is 1. The Morgan fingerprint density at radius 3 is 2.72 bits per heavy atom. The van der Waals surface area contributed by atoms with Crippen LogP contribution in [0.4, 0.5) is 0 Å². The third-order valence-corrected chi connectivity index (χ3v) is 3.43. The van der Waals surface area contributed by atoms with Crippen molar-refractivity contribution in [2.75, 3.05) is 13.2 Å². The fraction of sp³-hybridized carbons (Fsp3) is 0.500. The van der Waals surface area contributed by atoms with E-state index >= 15 is 0 Å². The van der Waals surface area contributed by atoms with Crippen molar-refractivity contribution in [2.24, 2.45) is 5.73 Å². The van der Waals surface area contributed by atoms with Crippen molar-refractivity contribution >= 4 is 5.97 Å². The van der Waals surface area contributed by atoms with Gasteiger partial charge in [0.05, 0.1) is 6.61 Å². The van der Waals surface area contributed by atoms with E-state index in [1.165, 1.54) is 5.56 Å². The van der Waals surface area contributed by atoms with Crippen LogP contribution in [0.25, 0.3) is 0 Å². The van der Waals surface area contributed by atoms with Crippen molar-refractivity contribution in [3.05, 3.63) is 35.4 Å². The molecular weight excluding hydrogens is 230 g/mol. The minimum atomic E-state index is -0.801. The van der Waals surface area contributed by atoms with E-state index in [0.717, 1.165) is 25.2 Å². The van der Waals surface area contributed by atoms with E-state index in [4.69, 9.17) is 15.6 Å². The first kappa shape index (κ1) is 13.1. The van der Waals surface area contributed by atoms with E-state index in [1.807, 2.05) is 12.1 Å². The molecule has 1 fully saturated rings. The molecule has 0 aliphatic carbocycles. The maximum atomic E-state index is 10.5. The maximum absolute atomic E-state index is 10.5. The summed E-state index contributed by atoms with van der Waals surface area (Å²) in [6, 6.07) is 7.96. The Balaban J connectivity index is 1.95. The zero-order chi connectivity index (χ0) is 13.0. The summed E-state index contributed by atoms with van der Waals surface area (Å²) in [6.45, 7) is 1.63. The van der Waals surface area contributed by atoms with Crippen LogP contribution in [-0.4, -0.2) is 24.3 Å². The monoisotopic (exact) mass is 249 g/mol. The van der Waals surface area contributed by atoms with E-state index in [2.05, 4.69) is 12.1 Å². The van der Waals surface area contributed by atoms with Gasteiger partial charge in [0.25, 0.3) is 0 Å². The zero-order valence-electron chi connectivity index (χ0n) is 10.3. The van der Waals surface area contributed by atoms with Gasteiger partial charge in [0.1, 0.15) is 0 Å². The molecule has 0 amide bonds. The van der Waals surface area contributed by atoms with E-state index < -0.39 is 5.97 Å². The second kappa shape index (κ2) is 5.98. The summed E-state index contributed by atoms with van der Waals surface area (Å²) in [5, 5.41) is 8.63. The molecule has 0 saturated carbocycles. The van der Waals surface area contributed by atoms with Gasteiger partial charge in [-0.3, -0.25) is 4.79 Å². The van der Waals surface area contributed by atoms with E-state index in [0.29, 0.717) is 12.3 Å². The molecular formula is C14H19NO3. The molecule has 4 nitrogen and oxygen atoms in total. The normalized spacial score (nSPS) is 20.8. The first-order chi connectivity index (χ1) is 8.66. The lowest BCUT2D eigenvalue weighted by atomic mass is 9.95. The van der Waals surface area contributed by atoms with Gasteiger partial charge in [-0.1, -0.05) is 24.3 Å². The number of aliphatic carboxylic acids is 1. The van der Waals surface area contributed by atoms with Gasteiger partial charge in [-0.2, -0.15) is 0 Å². The van der Waals surface area contributed by atoms with Crippen molar-refractivity contribution < 1.29 is 14.6 Å². The number of carbonyl (C=O) groups is 1. The van der Waals surface area contributed by atoms with Crippen LogP contribution in [0, 0.1) is 0 Å². The predicted molar refractivity (Wildman–Crippen MR) is 68.4 cm³/mol. The Morgan fingerprint density at radius 2 is 2.17 bits per heavy atom. The van der Waals surface area contributed by atoms with Crippen LogP contribution < -0.4 is 5.73 Å². The molecule has 0 spiro atoms. The average molecular weight is 249 g/mol. The summed E-state index contributed by atoms with van der Waals surface area (Å²) >= 11 is 0. The summed E-state index contributed by atoms with van der Waals surface area (Å²) in [4.78, 5) is 10.5. The molecule has 3 N–H and O–H groups in total. The highest BCUT2D eigenvalue weighted by molar-refractivity contribution is 5.66. The van der Waals surface area contributed by atoms with Gasteiger partial charge < -0.3 is 15.6 Å². The van der Waals surface area contributed by atoms with Crippen molar-refractivity contribution in [3.63, 3.8) is 0 Å². The van der Waals surface area contributed by atoms with Gasteiger partial charge in [-0.25, -0.2) is 0 Å². The van der Waals surface area contributed by atoms with Gasteiger partial charge >= 0.3 is 5.97 Å². The topological polar surface area (TPSA) is 72.6 Å². The SMILES string of the molecule is NC(CCC(=O)O)c1ccc(C2CCOC2)cc1. The molecule has 1 aliphatic heterocycles. The number of carboxylic acid groups (broad SMARTS) is 1. The van der Waals surface area contributed by atoms with Gasteiger partial charge in [0, 0.05) is 25.0 Å². The van der Waals surface area contributed by atoms with Crippen LogP contribution in [0.15, 0.2) is 24.3 Å². The van der Waals surface area contributed by atoms with Crippen LogP contribution in [-0.2, 0) is 9.53 Å². The van der Waals surface area contributed by atoms with Crippen LogP contribution in [0.5, 0.6) is 0 Å². The van der Waals surface area contributed by atoms with Crippen LogP contribution in [0.3, 0.4) is 0 Å². The molecule has 1 aromatic rings. The molecule has 1 aliphatic rings. The first-order valence-corrected chi connectivity index (χ1v) is 6.32. The number of hydrogen-bond donors (Lipinski definition) is 2. The second-order valence-electron chi connectivity index (χ2n) is 4.77. The van der Waals surface area contributed by atoms with Crippen molar-refractivity contribution in [2.45, 2.75) is 31.2 Å². The number of hydrogen-bond acceptors (Lipinski definition) is 3. The number of benzene rings is 1. The van der Waals surface area contributed by atoms with Gasteiger partial charge in [-0.05, 0) is 24.0 Å². The van der Waals surface area contributed by atoms with Crippen molar-refractivity contribution in [1.82, 2.24) is 0 Å². The lowest BCUT2D eigenvalue weighted by Gasteiger charge is -2.13. The van der Waals surface area contributed by atoms with Crippen LogP contribution in [0.1, 0.15) is 42.3 Å². The number of nitrogens with two attached hydrogens (primary N) is 1. The summed E-state index contributed by atoms with van der Waals surface area (Å²) in [6.07, 6.45) is 1.66. The fourth-order valence-electron chi connectivity index (χ4n) is 2.26. The number of rotatable bonds is 5. The molecule has 4 heteroatoms. The maximum Gasteiger partial charge on any atom is 0.303 e. The molecule has 1 heterocycles. The van der Waals surface area contributed by atoms with Gasteiger partial charge in [0.2, 0.25) is 0 Å². The van der Waals surface area contributed by atoms with Gasteiger partial charge in [-0.15, -0.1) is 0 Å². The Kier molecular flexibility index (Phi) is 4.33. The molecule has 1 saturated heterocycles. The highest BCUT2D eigenvalue weighted by atomic mass is 16.5. The van der Waals surface area contributed by atoms with Crippen molar-refractivity contribution in [3.8, 4) is 0 Å². The Labute approximate surface area is 107 Å². The standard InChI is InChI=1S/C14H19NO3/c15-13(5-6-14(16)17)11-3-1-10(2-4-11)12-7-8-18-9-12/h1-4,12-13H,5-9,15H2,(H,16,17). The molecule has 18 heavy (non-hydrogen) atoms. The quantitative estimate of drug-likeness (QED) is 0.837.